The highest BCUT2D eigenvalue weighted by Gasteiger charge is 2.28. The maximum Gasteiger partial charge on any atom is 0.137 e. The molecule has 1 unspecified atom stereocenters. The molecule has 1 N–H and O–H groups in total. The summed E-state index contributed by atoms with van der Waals surface area (Å²) in [5.41, 5.74) is 2.26. The SMILES string of the molecule is Cc1cc(C(C)Nc2nc(C3CC3)nc(Cl)c2C)c(C)s1. The second-order valence-electron chi connectivity index (χ2n) is 5.86. The number of aryl methyl sites for hydroxylation is 2. The predicted octanol–water partition coefficient (Wildman–Crippen LogP) is 5.17. The fourth-order valence-corrected chi connectivity index (χ4v) is 3.73. The van der Waals surface area contributed by atoms with Gasteiger partial charge in [-0.3, -0.25) is 0 Å². The maximum absolute atomic E-state index is 6.27. The van der Waals surface area contributed by atoms with Crippen LogP contribution in [0.2, 0.25) is 5.15 Å². The molecule has 21 heavy (non-hydrogen) atoms. The second-order valence-corrected chi connectivity index (χ2v) is 7.67. The molecular weight excluding hydrogens is 302 g/mol. The Balaban J connectivity index is 1.88. The number of aromatic nitrogens is 2. The average molecular weight is 322 g/mol. The fourth-order valence-electron chi connectivity index (χ4n) is 2.53. The molecule has 0 radical (unpaired) electrons. The summed E-state index contributed by atoms with van der Waals surface area (Å²) >= 11 is 8.10. The zero-order chi connectivity index (χ0) is 15.1. The van der Waals surface area contributed by atoms with Crippen LogP contribution in [0.3, 0.4) is 0 Å². The van der Waals surface area contributed by atoms with Crippen molar-refractivity contribution in [2.24, 2.45) is 0 Å². The number of hydrogen-bond donors (Lipinski definition) is 1. The van der Waals surface area contributed by atoms with Crippen molar-refractivity contribution < 1.29 is 0 Å². The summed E-state index contributed by atoms with van der Waals surface area (Å²) in [6, 6.07) is 2.46. The van der Waals surface area contributed by atoms with Crippen molar-refractivity contribution in [3.63, 3.8) is 0 Å². The summed E-state index contributed by atoms with van der Waals surface area (Å²) in [7, 11) is 0. The van der Waals surface area contributed by atoms with Crippen LogP contribution in [0.5, 0.6) is 0 Å². The minimum atomic E-state index is 0.215. The first-order chi connectivity index (χ1) is 9.95. The van der Waals surface area contributed by atoms with Gasteiger partial charge in [0.2, 0.25) is 0 Å². The molecule has 0 aromatic carbocycles. The van der Waals surface area contributed by atoms with Gasteiger partial charge in [-0.05, 0) is 52.2 Å². The van der Waals surface area contributed by atoms with E-state index in [0.717, 1.165) is 17.2 Å². The van der Waals surface area contributed by atoms with E-state index in [4.69, 9.17) is 16.6 Å². The molecule has 2 heterocycles. The number of hydrogen-bond acceptors (Lipinski definition) is 4. The van der Waals surface area contributed by atoms with Gasteiger partial charge in [0.1, 0.15) is 16.8 Å². The Hall–Kier alpha value is -1.13. The van der Waals surface area contributed by atoms with E-state index in [9.17, 15) is 0 Å². The van der Waals surface area contributed by atoms with Crippen LogP contribution in [0, 0.1) is 20.8 Å². The highest BCUT2D eigenvalue weighted by molar-refractivity contribution is 7.12. The molecule has 1 saturated carbocycles. The van der Waals surface area contributed by atoms with Crippen molar-refractivity contribution in [3.8, 4) is 0 Å². The van der Waals surface area contributed by atoms with Gasteiger partial charge in [-0.1, -0.05) is 11.6 Å². The second kappa shape index (κ2) is 5.58. The molecule has 0 aliphatic heterocycles. The van der Waals surface area contributed by atoms with E-state index in [0.29, 0.717) is 11.1 Å². The molecule has 1 atom stereocenters. The zero-order valence-electron chi connectivity index (χ0n) is 12.8. The van der Waals surface area contributed by atoms with Crippen molar-refractivity contribution in [3.05, 3.63) is 37.9 Å². The molecule has 0 amide bonds. The third kappa shape index (κ3) is 3.06. The zero-order valence-corrected chi connectivity index (χ0v) is 14.4. The summed E-state index contributed by atoms with van der Waals surface area (Å²) in [6.45, 7) is 8.45. The van der Waals surface area contributed by atoms with Crippen molar-refractivity contribution in [1.29, 1.82) is 0 Å². The number of anilines is 1. The molecule has 3 rings (SSSR count). The first-order valence-corrected chi connectivity index (χ1v) is 8.52. The van der Waals surface area contributed by atoms with Crippen LogP contribution in [0.1, 0.15) is 58.4 Å². The third-order valence-electron chi connectivity index (χ3n) is 3.95. The van der Waals surface area contributed by atoms with Crippen LogP contribution < -0.4 is 5.32 Å². The number of thiophene rings is 1. The van der Waals surface area contributed by atoms with Crippen LogP contribution in [-0.4, -0.2) is 9.97 Å². The van der Waals surface area contributed by atoms with E-state index < -0.39 is 0 Å². The highest BCUT2D eigenvalue weighted by atomic mass is 35.5. The van der Waals surface area contributed by atoms with Crippen LogP contribution in [0.4, 0.5) is 5.82 Å². The molecule has 0 saturated heterocycles. The molecule has 0 bridgehead atoms. The van der Waals surface area contributed by atoms with Crippen molar-refractivity contribution >= 4 is 28.8 Å². The third-order valence-corrected chi connectivity index (χ3v) is 5.30. The minimum Gasteiger partial charge on any atom is -0.363 e. The fraction of sp³-hybridized carbons (Fsp3) is 0.500. The van der Waals surface area contributed by atoms with E-state index >= 15 is 0 Å². The molecule has 3 nitrogen and oxygen atoms in total. The van der Waals surface area contributed by atoms with Gasteiger partial charge in [0, 0.05) is 21.2 Å². The smallest absolute Gasteiger partial charge is 0.137 e. The normalized spacial score (nSPS) is 16.0. The van der Waals surface area contributed by atoms with Crippen molar-refractivity contribution in [2.75, 3.05) is 5.32 Å². The molecule has 1 aliphatic rings. The lowest BCUT2D eigenvalue weighted by Gasteiger charge is -2.17. The summed E-state index contributed by atoms with van der Waals surface area (Å²) in [4.78, 5) is 11.8. The van der Waals surface area contributed by atoms with E-state index in [1.165, 1.54) is 28.2 Å². The number of nitrogens with one attached hydrogen (secondary N) is 1. The molecule has 2 aromatic heterocycles. The highest BCUT2D eigenvalue weighted by Crippen LogP contribution is 2.40. The monoisotopic (exact) mass is 321 g/mol. The topological polar surface area (TPSA) is 37.8 Å². The Morgan fingerprint density at radius 2 is 2.00 bits per heavy atom. The average Bonchev–Trinajstić information content (AvgIpc) is 3.20. The molecule has 1 aliphatic carbocycles. The standard InChI is InChI=1S/C16H20ClN3S/c1-8-7-13(11(4)21-8)10(3)18-15-9(2)14(17)19-16(20-15)12-5-6-12/h7,10,12H,5-6H2,1-4H3,(H,18,19,20). The molecule has 0 spiro atoms. The number of halogens is 1. The molecular formula is C16H20ClN3S. The summed E-state index contributed by atoms with van der Waals surface area (Å²) in [6.07, 6.45) is 2.36. The van der Waals surface area contributed by atoms with E-state index in [-0.39, 0.29) is 6.04 Å². The van der Waals surface area contributed by atoms with Gasteiger partial charge in [0.25, 0.3) is 0 Å². The Kier molecular flexibility index (Phi) is 3.93. The van der Waals surface area contributed by atoms with Gasteiger partial charge in [0.05, 0.1) is 6.04 Å². The number of nitrogens with zero attached hydrogens (tertiary/aromatic N) is 2. The molecule has 2 aromatic rings. The quantitative estimate of drug-likeness (QED) is 0.790. The Bertz CT molecular complexity index is 676. The molecule has 5 heteroatoms. The number of rotatable bonds is 4. The van der Waals surface area contributed by atoms with Gasteiger partial charge < -0.3 is 5.32 Å². The van der Waals surface area contributed by atoms with Crippen molar-refractivity contribution in [1.82, 2.24) is 9.97 Å². The lowest BCUT2D eigenvalue weighted by molar-refractivity contribution is 0.846. The first kappa shape index (κ1) is 14.8. The largest absolute Gasteiger partial charge is 0.363 e. The molecule has 1 fully saturated rings. The van der Waals surface area contributed by atoms with Crippen LogP contribution in [0.25, 0.3) is 0 Å². The Morgan fingerprint density at radius 3 is 2.57 bits per heavy atom. The lowest BCUT2D eigenvalue weighted by atomic mass is 10.1. The van der Waals surface area contributed by atoms with Crippen LogP contribution >= 0.6 is 22.9 Å². The van der Waals surface area contributed by atoms with Crippen LogP contribution in [0.15, 0.2) is 6.07 Å². The van der Waals surface area contributed by atoms with E-state index in [1.54, 1.807) is 0 Å². The Morgan fingerprint density at radius 1 is 1.29 bits per heavy atom. The maximum atomic E-state index is 6.27. The van der Waals surface area contributed by atoms with Gasteiger partial charge in [0.15, 0.2) is 0 Å². The predicted molar refractivity (Wildman–Crippen MR) is 89.6 cm³/mol. The minimum absolute atomic E-state index is 0.215. The van der Waals surface area contributed by atoms with Gasteiger partial charge in [-0.15, -0.1) is 11.3 Å². The van der Waals surface area contributed by atoms with Crippen LogP contribution in [-0.2, 0) is 0 Å². The summed E-state index contributed by atoms with van der Waals surface area (Å²) < 4.78 is 0. The summed E-state index contributed by atoms with van der Waals surface area (Å²) in [5.74, 6) is 2.26. The lowest BCUT2D eigenvalue weighted by Crippen LogP contribution is -2.11. The molecule has 112 valence electrons. The van der Waals surface area contributed by atoms with Gasteiger partial charge in [-0.25, -0.2) is 9.97 Å². The van der Waals surface area contributed by atoms with E-state index in [2.05, 4.69) is 37.1 Å². The Labute approximate surface area is 134 Å². The van der Waals surface area contributed by atoms with Gasteiger partial charge in [-0.2, -0.15) is 0 Å². The van der Waals surface area contributed by atoms with Gasteiger partial charge >= 0.3 is 0 Å². The van der Waals surface area contributed by atoms with Crippen molar-refractivity contribution in [2.45, 2.75) is 52.5 Å². The summed E-state index contributed by atoms with van der Waals surface area (Å²) in [5, 5.41) is 4.08. The first-order valence-electron chi connectivity index (χ1n) is 7.33. The van der Waals surface area contributed by atoms with E-state index in [1.807, 2.05) is 18.3 Å².